The van der Waals surface area contributed by atoms with Crippen LogP contribution in [0.3, 0.4) is 0 Å². The number of hydrogen-bond donors (Lipinski definition) is 0. The molecule has 1 aromatic carbocycles. The van der Waals surface area contributed by atoms with Crippen LogP contribution in [0.25, 0.3) is 0 Å². The van der Waals surface area contributed by atoms with E-state index in [9.17, 15) is 14.5 Å². The summed E-state index contributed by atoms with van der Waals surface area (Å²) in [5, 5.41) is 11.3. The molecule has 1 heterocycles. The minimum absolute atomic E-state index is 0.0944. The average Bonchev–Trinajstić information content (AvgIpc) is 2.46. The molecule has 0 fully saturated rings. The van der Waals surface area contributed by atoms with Crippen LogP contribution < -0.4 is 4.74 Å². The Kier molecular flexibility index (Phi) is 4.62. The zero-order valence-corrected chi connectivity index (χ0v) is 11.8. The zero-order chi connectivity index (χ0) is 14.5. The van der Waals surface area contributed by atoms with Crippen molar-refractivity contribution in [3.8, 4) is 5.75 Å². The molecule has 20 heavy (non-hydrogen) atoms. The molecule has 0 atom stereocenters. The van der Waals surface area contributed by atoms with Crippen LogP contribution >= 0.6 is 15.9 Å². The van der Waals surface area contributed by atoms with E-state index < -0.39 is 16.4 Å². The van der Waals surface area contributed by atoms with Crippen LogP contribution in [-0.4, -0.2) is 9.91 Å². The molecule has 0 radical (unpaired) electrons. The predicted molar refractivity (Wildman–Crippen MR) is 74.3 cm³/mol. The van der Waals surface area contributed by atoms with Crippen LogP contribution in [0.4, 0.5) is 10.1 Å². The largest absolute Gasteiger partial charge is 0.487 e. The molecule has 2 aromatic rings. The van der Waals surface area contributed by atoms with Gasteiger partial charge in [0.1, 0.15) is 12.4 Å². The fourth-order valence-corrected chi connectivity index (χ4v) is 1.89. The van der Waals surface area contributed by atoms with Crippen LogP contribution in [0, 0.1) is 15.9 Å². The van der Waals surface area contributed by atoms with Crippen molar-refractivity contribution in [3.05, 3.63) is 63.7 Å². The standard InChI is InChI=1S/C13H10BrFN2O3/c14-6-10-4-5-11(7-16-10)20-8-9-2-1-3-12(13(9)15)17(18)19/h1-5,7H,6,8H2. The van der Waals surface area contributed by atoms with E-state index in [-0.39, 0.29) is 12.2 Å². The van der Waals surface area contributed by atoms with Gasteiger partial charge in [0, 0.05) is 17.0 Å². The Morgan fingerprint density at radius 1 is 1.35 bits per heavy atom. The molecular formula is C13H10BrFN2O3. The average molecular weight is 341 g/mol. The second-order valence-electron chi connectivity index (χ2n) is 3.91. The number of halogens is 2. The molecule has 0 aliphatic heterocycles. The van der Waals surface area contributed by atoms with E-state index in [1.807, 2.05) is 0 Å². The minimum Gasteiger partial charge on any atom is -0.487 e. The van der Waals surface area contributed by atoms with Crippen LogP contribution in [0.5, 0.6) is 5.75 Å². The molecule has 1 aromatic heterocycles. The molecule has 0 bridgehead atoms. The first-order valence-electron chi connectivity index (χ1n) is 5.67. The fraction of sp³-hybridized carbons (Fsp3) is 0.154. The normalized spacial score (nSPS) is 10.3. The van der Waals surface area contributed by atoms with Gasteiger partial charge < -0.3 is 4.74 Å². The van der Waals surface area contributed by atoms with E-state index in [2.05, 4.69) is 20.9 Å². The third kappa shape index (κ3) is 3.30. The zero-order valence-electron chi connectivity index (χ0n) is 10.3. The van der Waals surface area contributed by atoms with Gasteiger partial charge >= 0.3 is 5.69 Å². The van der Waals surface area contributed by atoms with Gasteiger partial charge in [-0.25, -0.2) is 0 Å². The van der Waals surface area contributed by atoms with E-state index >= 15 is 0 Å². The topological polar surface area (TPSA) is 65.3 Å². The molecule has 0 saturated heterocycles. The summed E-state index contributed by atoms with van der Waals surface area (Å²) in [6, 6.07) is 7.46. The van der Waals surface area contributed by atoms with Crippen molar-refractivity contribution in [2.45, 2.75) is 11.9 Å². The highest BCUT2D eigenvalue weighted by atomic mass is 79.9. The number of rotatable bonds is 5. The number of nitro groups is 1. The summed E-state index contributed by atoms with van der Waals surface area (Å²) in [5.41, 5.74) is 0.418. The molecular weight excluding hydrogens is 331 g/mol. The van der Waals surface area contributed by atoms with Gasteiger partial charge in [0.15, 0.2) is 0 Å². The predicted octanol–water partition coefficient (Wildman–Crippen LogP) is 3.60. The first kappa shape index (κ1) is 14.4. The lowest BCUT2D eigenvalue weighted by atomic mass is 10.2. The Labute approximate surface area is 122 Å². The second-order valence-corrected chi connectivity index (χ2v) is 4.48. The minimum atomic E-state index is -0.873. The summed E-state index contributed by atoms with van der Waals surface area (Å²) < 4.78 is 19.2. The molecule has 7 heteroatoms. The molecule has 0 spiro atoms. The summed E-state index contributed by atoms with van der Waals surface area (Å²) in [6.07, 6.45) is 1.52. The van der Waals surface area contributed by atoms with E-state index in [4.69, 9.17) is 4.74 Å². The Morgan fingerprint density at radius 3 is 2.75 bits per heavy atom. The van der Waals surface area contributed by atoms with Crippen LogP contribution in [0.15, 0.2) is 36.5 Å². The Hall–Kier alpha value is -2.02. The number of hydrogen-bond acceptors (Lipinski definition) is 4. The second kappa shape index (κ2) is 6.42. The Bertz CT molecular complexity index is 620. The number of benzene rings is 1. The molecule has 0 unspecified atom stereocenters. The number of aromatic nitrogens is 1. The lowest BCUT2D eigenvalue weighted by molar-refractivity contribution is -0.387. The molecule has 104 valence electrons. The molecule has 0 amide bonds. The summed E-state index contributed by atoms with van der Waals surface area (Å²) >= 11 is 3.27. The van der Waals surface area contributed by atoms with Gasteiger partial charge in [-0.2, -0.15) is 4.39 Å². The number of ether oxygens (including phenoxy) is 1. The maximum absolute atomic E-state index is 13.8. The van der Waals surface area contributed by atoms with Crippen molar-refractivity contribution >= 4 is 21.6 Å². The van der Waals surface area contributed by atoms with Crippen molar-refractivity contribution < 1.29 is 14.1 Å². The van der Waals surface area contributed by atoms with Gasteiger partial charge in [-0.15, -0.1) is 0 Å². The maximum Gasteiger partial charge on any atom is 0.305 e. The van der Waals surface area contributed by atoms with Crippen molar-refractivity contribution in [2.24, 2.45) is 0 Å². The lowest BCUT2D eigenvalue weighted by Gasteiger charge is -2.07. The summed E-state index contributed by atoms with van der Waals surface area (Å²) in [6.45, 7) is -0.0944. The summed E-state index contributed by atoms with van der Waals surface area (Å²) in [4.78, 5) is 14.0. The number of pyridine rings is 1. The molecule has 0 N–H and O–H groups in total. The van der Waals surface area contributed by atoms with Crippen molar-refractivity contribution in [1.29, 1.82) is 0 Å². The van der Waals surface area contributed by atoms with Crippen molar-refractivity contribution in [2.75, 3.05) is 0 Å². The highest BCUT2D eigenvalue weighted by Gasteiger charge is 2.17. The first-order chi connectivity index (χ1) is 9.61. The molecule has 0 aliphatic carbocycles. The van der Waals surface area contributed by atoms with E-state index in [1.165, 1.54) is 18.3 Å². The molecule has 2 rings (SSSR count). The summed E-state index contributed by atoms with van der Waals surface area (Å²) in [7, 11) is 0. The Morgan fingerprint density at radius 2 is 2.15 bits per heavy atom. The van der Waals surface area contributed by atoms with E-state index in [0.717, 1.165) is 11.8 Å². The fourth-order valence-electron chi connectivity index (χ4n) is 1.56. The van der Waals surface area contributed by atoms with Crippen molar-refractivity contribution in [3.63, 3.8) is 0 Å². The number of alkyl halides is 1. The van der Waals surface area contributed by atoms with Crippen LogP contribution in [0.1, 0.15) is 11.3 Å². The quantitative estimate of drug-likeness (QED) is 0.473. The monoisotopic (exact) mass is 340 g/mol. The van der Waals surface area contributed by atoms with E-state index in [1.54, 1.807) is 12.1 Å². The highest BCUT2D eigenvalue weighted by molar-refractivity contribution is 9.08. The lowest BCUT2D eigenvalue weighted by Crippen LogP contribution is -2.02. The first-order valence-corrected chi connectivity index (χ1v) is 6.79. The third-order valence-electron chi connectivity index (χ3n) is 2.58. The third-order valence-corrected chi connectivity index (χ3v) is 3.16. The SMILES string of the molecule is O=[N+]([O-])c1cccc(COc2ccc(CBr)nc2)c1F. The summed E-state index contributed by atoms with van der Waals surface area (Å²) in [5.74, 6) is -0.400. The number of nitro benzene ring substituents is 1. The van der Waals surface area contributed by atoms with Gasteiger partial charge in [0.25, 0.3) is 0 Å². The Balaban J connectivity index is 2.10. The van der Waals surface area contributed by atoms with Gasteiger partial charge in [-0.1, -0.05) is 28.1 Å². The maximum atomic E-state index is 13.8. The van der Waals surface area contributed by atoms with E-state index in [0.29, 0.717) is 11.1 Å². The van der Waals surface area contributed by atoms with Gasteiger partial charge in [0.2, 0.25) is 5.82 Å². The molecule has 5 nitrogen and oxygen atoms in total. The highest BCUT2D eigenvalue weighted by Crippen LogP contribution is 2.21. The van der Waals surface area contributed by atoms with Crippen molar-refractivity contribution in [1.82, 2.24) is 4.98 Å². The van der Waals surface area contributed by atoms with Gasteiger partial charge in [0.05, 0.1) is 16.8 Å². The number of nitrogens with zero attached hydrogens (tertiary/aromatic N) is 2. The smallest absolute Gasteiger partial charge is 0.305 e. The van der Waals surface area contributed by atoms with Crippen LogP contribution in [0.2, 0.25) is 0 Å². The molecule has 0 aliphatic rings. The van der Waals surface area contributed by atoms with Gasteiger partial charge in [-0.05, 0) is 12.1 Å². The van der Waals surface area contributed by atoms with Gasteiger partial charge in [-0.3, -0.25) is 15.1 Å². The van der Waals surface area contributed by atoms with Crippen LogP contribution in [-0.2, 0) is 11.9 Å². The molecule has 0 saturated carbocycles.